The number of anilines is 1. The smallest absolute Gasteiger partial charge is 0.321 e. The van der Waals surface area contributed by atoms with Gasteiger partial charge in [0.25, 0.3) is 5.91 Å². The van der Waals surface area contributed by atoms with Crippen LogP contribution in [-0.4, -0.2) is 63.1 Å². The minimum Gasteiger partial charge on any atom is -0.335 e. The molecule has 0 unspecified atom stereocenters. The molecular weight excluding hydrogens is 394 g/mol. The number of piperazine rings is 1. The second kappa shape index (κ2) is 8.27. The number of rotatable bonds is 3. The zero-order valence-corrected chi connectivity index (χ0v) is 15.8. The van der Waals surface area contributed by atoms with E-state index in [4.69, 9.17) is 0 Å². The van der Waals surface area contributed by atoms with Crippen molar-refractivity contribution in [2.45, 2.75) is 0 Å². The number of carbonyl (C=O) groups is 2. The lowest BCUT2D eigenvalue weighted by molar-refractivity contribution is 0.0671. The third-order valence-corrected chi connectivity index (χ3v) is 4.81. The first kappa shape index (κ1) is 19.5. The number of carbonyl (C=O) groups excluding carboxylic acids is 2. The molecule has 2 aromatic carbocycles. The minimum absolute atomic E-state index is 0.191. The van der Waals surface area contributed by atoms with E-state index in [1.807, 2.05) is 0 Å². The maximum Gasteiger partial charge on any atom is 0.321 e. The van der Waals surface area contributed by atoms with Gasteiger partial charge in [-0.3, -0.25) is 9.89 Å². The molecule has 30 heavy (non-hydrogen) atoms. The van der Waals surface area contributed by atoms with Gasteiger partial charge in [0.05, 0.1) is 5.56 Å². The van der Waals surface area contributed by atoms with Crippen molar-refractivity contribution in [3.8, 4) is 11.4 Å². The summed E-state index contributed by atoms with van der Waals surface area (Å²) >= 11 is 0. The summed E-state index contributed by atoms with van der Waals surface area (Å²) in [5, 5.41) is 9.02. The van der Waals surface area contributed by atoms with Crippen molar-refractivity contribution < 1.29 is 18.4 Å². The fourth-order valence-electron chi connectivity index (χ4n) is 3.24. The van der Waals surface area contributed by atoms with E-state index in [-0.39, 0.29) is 28.9 Å². The van der Waals surface area contributed by atoms with Crippen LogP contribution in [0, 0.1) is 11.6 Å². The molecule has 1 aliphatic heterocycles. The number of urea groups is 1. The Morgan fingerprint density at radius 1 is 1.00 bits per heavy atom. The highest BCUT2D eigenvalue weighted by atomic mass is 19.1. The SMILES string of the molecule is O=C(Nc1ccc(F)c(-c2ncn[nH]2)c1)N1CCN(C(=O)c2cccc(F)c2)CC1. The Hall–Kier alpha value is -3.82. The lowest BCUT2D eigenvalue weighted by atomic mass is 10.1. The van der Waals surface area contributed by atoms with Gasteiger partial charge in [0.15, 0.2) is 5.82 Å². The summed E-state index contributed by atoms with van der Waals surface area (Å²) in [5.74, 6) is -0.977. The molecule has 0 atom stereocenters. The van der Waals surface area contributed by atoms with Crippen LogP contribution in [-0.2, 0) is 0 Å². The van der Waals surface area contributed by atoms with E-state index >= 15 is 0 Å². The number of amides is 3. The predicted molar refractivity (Wildman–Crippen MR) is 105 cm³/mol. The molecule has 1 fully saturated rings. The highest BCUT2D eigenvalue weighted by Crippen LogP contribution is 2.23. The third kappa shape index (κ3) is 4.12. The molecule has 10 heteroatoms. The highest BCUT2D eigenvalue weighted by molar-refractivity contribution is 5.94. The molecule has 0 radical (unpaired) electrons. The number of nitrogens with one attached hydrogen (secondary N) is 2. The first-order valence-electron chi connectivity index (χ1n) is 9.27. The standard InChI is InChI=1S/C20H18F2N6O2/c21-14-3-1-2-13(10-14)19(29)27-6-8-28(9-7-27)20(30)25-15-4-5-17(22)16(11-15)18-23-12-24-26-18/h1-5,10-12H,6-9H2,(H,25,30)(H,23,24,26). The van der Waals surface area contributed by atoms with E-state index in [9.17, 15) is 18.4 Å². The Labute approximate surface area is 170 Å². The summed E-state index contributed by atoms with van der Waals surface area (Å²) in [6.45, 7) is 1.30. The highest BCUT2D eigenvalue weighted by Gasteiger charge is 2.25. The molecule has 8 nitrogen and oxygen atoms in total. The number of H-pyrrole nitrogens is 1. The van der Waals surface area contributed by atoms with E-state index in [0.29, 0.717) is 31.9 Å². The summed E-state index contributed by atoms with van der Waals surface area (Å²) in [5.41, 5.74) is 0.876. The van der Waals surface area contributed by atoms with Crippen molar-refractivity contribution in [2.75, 3.05) is 31.5 Å². The Morgan fingerprint density at radius 3 is 2.47 bits per heavy atom. The molecule has 1 aliphatic rings. The normalized spacial score (nSPS) is 13.9. The van der Waals surface area contributed by atoms with Crippen LogP contribution in [0.2, 0.25) is 0 Å². The third-order valence-electron chi connectivity index (χ3n) is 4.81. The quantitative estimate of drug-likeness (QED) is 0.692. The fraction of sp³-hybridized carbons (Fsp3) is 0.200. The number of benzene rings is 2. The molecular formula is C20H18F2N6O2. The zero-order valence-electron chi connectivity index (χ0n) is 15.8. The van der Waals surface area contributed by atoms with Gasteiger partial charge in [-0.15, -0.1) is 0 Å². The number of aromatic nitrogens is 3. The average Bonchev–Trinajstić information content (AvgIpc) is 3.29. The van der Waals surface area contributed by atoms with Crippen LogP contribution < -0.4 is 5.32 Å². The molecule has 1 aromatic heterocycles. The molecule has 2 N–H and O–H groups in total. The van der Waals surface area contributed by atoms with Crippen molar-refractivity contribution in [3.05, 3.63) is 66.0 Å². The minimum atomic E-state index is -0.491. The summed E-state index contributed by atoms with van der Waals surface area (Å²) in [6.07, 6.45) is 1.27. The maximum absolute atomic E-state index is 14.0. The molecule has 0 aliphatic carbocycles. The van der Waals surface area contributed by atoms with Gasteiger partial charge in [-0.2, -0.15) is 5.10 Å². The molecule has 0 spiro atoms. The number of hydrogen-bond acceptors (Lipinski definition) is 4. The predicted octanol–water partition coefficient (Wildman–Crippen LogP) is 2.74. The lowest BCUT2D eigenvalue weighted by Gasteiger charge is -2.34. The molecule has 1 saturated heterocycles. The first-order valence-corrected chi connectivity index (χ1v) is 9.27. The van der Waals surface area contributed by atoms with Gasteiger partial charge in [-0.25, -0.2) is 18.6 Å². The van der Waals surface area contributed by atoms with Crippen LogP contribution >= 0.6 is 0 Å². The number of hydrogen-bond donors (Lipinski definition) is 2. The van der Waals surface area contributed by atoms with Crippen molar-refractivity contribution >= 4 is 17.6 Å². The van der Waals surface area contributed by atoms with Crippen LogP contribution in [0.25, 0.3) is 11.4 Å². The second-order valence-electron chi connectivity index (χ2n) is 6.75. The van der Waals surface area contributed by atoms with E-state index in [2.05, 4.69) is 20.5 Å². The molecule has 2 heterocycles. The van der Waals surface area contributed by atoms with Gasteiger partial charge < -0.3 is 15.1 Å². The summed E-state index contributed by atoms with van der Waals surface area (Å²) < 4.78 is 27.4. The van der Waals surface area contributed by atoms with Crippen LogP contribution in [0.4, 0.5) is 19.3 Å². The van der Waals surface area contributed by atoms with Crippen molar-refractivity contribution in [1.29, 1.82) is 0 Å². The average molecular weight is 412 g/mol. The Morgan fingerprint density at radius 2 is 1.77 bits per heavy atom. The van der Waals surface area contributed by atoms with E-state index in [0.717, 1.165) is 0 Å². The molecule has 3 aromatic rings. The molecule has 0 bridgehead atoms. The van der Waals surface area contributed by atoms with Gasteiger partial charge >= 0.3 is 6.03 Å². The number of nitrogens with zero attached hydrogens (tertiary/aromatic N) is 4. The number of aromatic amines is 1. The van der Waals surface area contributed by atoms with Crippen molar-refractivity contribution in [1.82, 2.24) is 25.0 Å². The van der Waals surface area contributed by atoms with Gasteiger partial charge in [0.2, 0.25) is 0 Å². The summed E-state index contributed by atoms with van der Waals surface area (Å²) in [4.78, 5) is 32.1. The first-order chi connectivity index (χ1) is 14.5. The van der Waals surface area contributed by atoms with Gasteiger partial charge in [0.1, 0.15) is 18.0 Å². The molecule has 0 saturated carbocycles. The topological polar surface area (TPSA) is 94.2 Å². The second-order valence-corrected chi connectivity index (χ2v) is 6.75. The van der Waals surface area contributed by atoms with Crippen LogP contribution in [0.3, 0.4) is 0 Å². The van der Waals surface area contributed by atoms with E-state index in [1.54, 1.807) is 15.9 Å². The molecule has 4 rings (SSSR count). The van der Waals surface area contributed by atoms with E-state index in [1.165, 1.54) is 42.7 Å². The number of halogens is 2. The monoisotopic (exact) mass is 412 g/mol. The lowest BCUT2D eigenvalue weighted by Crippen LogP contribution is -2.51. The van der Waals surface area contributed by atoms with Crippen LogP contribution in [0.15, 0.2) is 48.8 Å². The fourth-order valence-corrected chi connectivity index (χ4v) is 3.24. The van der Waals surface area contributed by atoms with Crippen LogP contribution in [0.1, 0.15) is 10.4 Å². The largest absolute Gasteiger partial charge is 0.335 e. The Kier molecular flexibility index (Phi) is 5.38. The Balaban J connectivity index is 1.37. The van der Waals surface area contributed by atoms with Gasteiger partial charge in [0, 0.05) is 37.4 Å². The van der Waals surface area contributed by atoms with Crippen molar-refractivity contribution in [3.63, 3.8) is 0 Å². The van der Waals surface area contributed by atoms with Crippen LogP contribution in [0.5, 0.6) is 0 Å². The van der Waals surface area contributed by atoms with E-state index < -0.39 is 11.6 Å². The molecule has 3 amide bonds. The van der Waals surface area contributed by atoms with Gasteiger partial charge in [-0.05, 0) is 36.4 Å². The summed E-state index contributed by atoms with van der Waals surface area (Å²) in [7, 11) is 0. The summed E-state index contributed by atoms with van der Waals surface area (Å²) in [6, 6.07) is 9.33. The Bertz CT molecular complexity index is 1060. The maximum atomic E-state index is 14.0. The zero-order chi connectivity index (χ0) is 21.1. The molecule has 154 valence electrons. The van der Waals surface area contributed by atoms with Gasteiger partial charge in [-0.1, -0.05) is 6.07 Å². The van der Waals surface area contributed by atoms with Crippen molar-refractivity contribution in [2.24, 2.45) is 0 Å².